The Hall–Kier alpha value is 0.280. The van der Waals surface area contributed by atoms with E-state index in [1.807, 2.05) is 6.08 Å². The SMILES string of the molecule is CC(C)N(C/C=C/Cl)CCCCl. The minimum Gasteiger partial charge on any atom is -0.297 e. The van der Waals surface area contributed by atoms with Gasteiger partial charge in [0.1, 0.15) is 0 Å². The van der Waals surface area contributed by atoms with E-state index in [1.165, 1.54) is 0 Å². The summed E-state index contributed by atoms with van der Waals surface area (Å²) in [6, 6.07) is 0.557. The summed E-state index contributed by atoms with van der Waals surface area (Å²) in [5.74, 6) is 0.730. The van der Waals surface area contributed by atoms with E-state index in [0.29, 0.717) is 6.04 Å². The van der Waals surface area contributed by atoms with Crippen molar-refractivity contribution < 1.29 is 0 Å². The van der Waals surface area contributed by atoms with E-state index in [1.54, 1.807) is 5.54 Å². The third-order valence-corrected chi connectivity index (χ3v) is 2.18. The van der Waals surface area contributed by atoms with Gasteiger partial charge in [-0.1, -0.05) is 17.7 Å². The quantitative estimate of drug-likeness (QED) is 0.609. The van der Waals surface area contributed by atoms with Crippen molar-refractivity contribution in [2.24, 2.45) is 0 Å². The van der Waals surface area contributed by atoms with Crippen molar-refractivity contribution in [1.82, 2.24) is 4.90 Å². The zero-order chi connectivity index (χ0) is 9.40. The zero-order valence-electron chi connectivity index (χ0n) is 7.76. The Balaban J connectivity index is 3.70. The van der Waals surface area contributed by atoms with Crippen LogP contribution < -0.4 is 0 Å². The van der Waals surface area contributed by atoms with E-state index in [4.69, 9.17) is 23.2 Å². The van der Waals surface area contributed by atoms with Gasteiger partial charge in [-0.25, -0.2) is 0 Å². The molecule has 0 bridgehead atoms. The fourth-order valence-electron chi connectivity index (χ4n) is 0.998. The van der Waals surface area contributed by atoms with Gasteiger partial charge in [0.2, 0.25) is 0 Å². The average molecular weight is 210 g/mol. The first-order valence-corrected chi connectivity index (χ1v) is 5.24. The molecule has 0 aliphatic heterocycles. The molecule has 0 aromatic rings. The first-order chi connectivity index (χ1) is 5.72. The van der Waals surface area contributed by atoms with E-state index >= 15 is 0 Å². The maximum atomic E-state index is 5.61. The molecule has 12 heavy (non-hydrogen) atoms. The van der Waals surface area contributed by atoms with Gasteiger partial charge in [-0.3, -0.25) is 4.90 Å². The van der Waals surface area contributed by atoms with Crippen LogP contribution in [0.5, 0.6) is 0 Å². The molecule has 0 aliphatic rings. The van der Waals surface area contributed by atoms with Gasteiger partial charge in [0.05, 0.1) is 0 Å². The van der Waals surface area contributed by atoms with Crippen molar-refractivity contribution in [1.29, 1.82) is 0 Å². The van der Waals surface area contributed by atoms with Gasteiger partial charge >= 0.3 is 0 Å². The molecule has 72 valence electrons. The minimum atomic E-state index is 0.557. The summed E-state index contributed by atoms with van der Waals surface area (Å²) in [5, 5.41) is 0. The highest BCUT2D eigenvalue weighted by Gasteiger charge is 2.05. The fourth-order valence-corrected chi connectivity index (χ4v) is 1.20. The largest absolute Gasteiger partial charge is 0.297 e. The molecule has 3 heteroatoms. The third kappa shape index (κ3) is 5.87. The fraction of sp³-hybridized carbons (Fsp3) is 0.778. The predicted octanol–water partition coefficient (Wildman–Crippen LogP) is 3.08. The van der Waals surface area contributed by atoms with Gasteiger partial charge in [-0.15, -0.1) is 11.6 Å². The molecular formula is C9H17Cl2N. The molecular weight excluding hydrogens is 193 g/mol. The summed E-state index contributed by atoms with van der Waals surface area (Å²) in [7, 11) is 0. The molecule has 0 spiro atoms. The van der Waals surface area contributed by atoms with Crippen molar-refractivity contribution in [2.45, 2.75) is 26.3 Å². The maximum Gasteiger partial charge on any atom is 0.0235 e. The van der Waals surface area contributed by atoms with Crippen LogP contribution in [0.1, 0.15) is 20.3 Å². The molecule has 0 saturated heterocycles. The molecule has 0 heterocycles. The Bertz CT molecular complexity index is 124. The van der Waals surface area contributed by atoms with Gasteiger partial charge in [-0.2, -0.15) is 0 Å². The molecule has 0 N–H and O–H groups in total. The van der Waals surface area contributed by atoms with Crippen molar-refractivity contribution in [3.63, 3.8) is 0 Å². The Morgan fingerprint density at radius 2 is 2.08 bits per heavy atom. The molecule has 0 aromatic heterocycles. The first-order valence-electron chi connectivity index (χ1n) is 4.27. The Labute approximate surface area is 85.3 Å². The predicted molar refractivity (Wildman–Crippen MR) is 57.0 cm³/mol. The van der Waals surface area contributed by atoms with Crippen LogP contribution in [0, 0.1) is 0 Å². The van der Waals surface area contributed by atoms with E-state index in [2.05, 4.69) is 18.7 Å². The number of rotatable bonds is 6. The number of hydrogen-bond donors (Lipinski definition) is 0. The van der Waals surface area contributed by atoms with Crippen molar-refractivity contribution in [3.8, 4) is 0 Å². The van der Waals surface area contributed by atoms with E-state index < -0.39 is 0 Å². The van der Waals surface area contributed by atoms with Crippen LogP contribution in [0.15, 0.2) is 11.6 Å². The monoisotopic (exact) mass is 209 g/mol. The smallest absolute Gasteiger partial charge is 0.0235 e. The lowest BCUT2D eigenvalue weighted by Gasteiger charge is -2.24. The molecule has 0 atom stereocenters. The second-order valence-electron chi connectivity index (χ2n) is 2.99. The maximum absolute atomic E-state index is 5.61. The molecule has 0 aliphatic carbocycles. The minimum absolute atomic E-state index is 0.557. The number of nitrogens with zero attached hydrogens (tertiary/aromatic N) is 1. The summed E-state index contributed by atoms with van der Waals surface area (Å²) in [5.41, 5.74) is 1.57. The standard InChI is InChI=1S/C9H17Cl2N/c1-9(2)12(7-3-5-10)8-4-6-11/h3,5,9H,4,6-8H2,1-2H3/b5-3+. The van der Waals surface area contributed by atoms with Crippen molar-refractivity contribution in [2.75, 3.05) is 19.0 Å². The lowest BCUT2D eigenvalue weighted by atomic mass is 10.3. The van der Waals surface area contributed by atoms with Crippen LogP contribution in [0.25, 0.3) is 0 Å². The summed E-state index contributed by atoms with van der Waals surface area (Å²) in [4.78, 5) is 2.33. The highest BCUT2D eigenvalue weighted by molar-refractivity contribution is 6.25. The summed E-state index contributed by atoms with van der Waals surface area (Å²) >= 11 is 11.1. The van der Waals surface area contributed by atoms with E-state index in [-0.39, 0.29) is 0 Å². The third-order valence-electron chi connectivity index (χ3n) is 1.74. The van der Waals surface area contributed by atoms with E-state index in [9.17, 15) is 0 Å². The summed E-state index contributed by atoms with van der Waals surface area (Å²) in [6.45, 7) is 6.31. The normalized spacial score (nSPS) is 12.2. The molecule has 0 saturated carbocycles. The van der Waals surface area contributed by atoms with Crippen LogP contribution >= 0.6 is 23.2 Å². The highest BCUT2D eigenvalue weighted by atomic mass is 35.5. The van der Waals surface area contributed by atoms with Crippen LogP contribution in [-0.2, 0) is 0 Å². The Kier molecular flexibility index (Phi) is 8.09. The van der Waals surface area contributed by atoms with Crippen molar-refractivity contribution >= 4 is 23.2 Å². The van der Waals surface area contributed by atoms with Crippen molar-refractivity contribution in [3.05, 3.63) is 11.6 Å². The van der Waals surface area contributed by atoms with Crippen LogP contribution in [0.2, 0.25) is 0 Å². The Morgan fingerprint density at radius 3 is 2.50 bits per heavy atom. The second kappa shape index (κ2) is 7.90. The van der Waals surface area contributed by atoms with Gasteiger partial charge in [0.15, 0.2) is 0 Å². The first kappa shape index (κ1) is 12.3. The summed E-state index contributed by atoms with van der Waals surface area (Å²) in [6.07, 6.45) is 2.99. The van der Waals surface area contributed by atoms with E-state index in [0.717, 1.165) is 25.4 Å². The number of halogens is 2. The lowest BCUT2D eigenvalue weighted by Crippen LogP contribution is -2.32. The average Bonchev–Trinajstić information content (AvgIpc) is 2.04. The van der Waals surface area contributed by atoms with Gasteiger partial charge in [-0.05, 0) is 26.8 Å². The van der Waals surface area contributed by atoms with Gasteiger partial charge in [0, 0.05) is 24.0 Å². The van der Waals surface area contributed by atoms with Crippen LogP contribution in [0.3, 0.4) is 0 Å². The summed E-state index contributed by atoms with van der Waals surface area (Å²) < 4.78 is 0. The van der Waals surface area contributed by atoms with Gasteiger partial charge < -0.3 is 0 Å². The van der Waals surface area contributed by atoms with Crippen LogP contribution in [-0.4, -0.2) is 29.9 Å². The highest BCUT2D eigenvalue weighted by Crippen LogP contribution is 2.00. The topological polar surface area (TPSA) is 3.24 Å². The number of hydrogen-bond acceptors (Lipinski definition) is 1. The second-order valence-corrected chi connectivity index (χ2v) is 3.62. The zero-order valence-corrected chi connectivity index (χ0v) is 9.28. The lowest BCUT2D eigenvalue weighted by molar-refractivity contribution is 0.247. The van der Waals surface area contributed by atoms with Gasteiger partial charge in [0.25, 0.3) is 0 Å². The molecule has 0 radical (unpaired) electrons. The molecule has 1 nitrogen and oxygen atoms in total. The molecule has 0 unspecified atom stereocenters. The molecule has 0 rings (SSSR count). The molecule has 0 aromatic carbocycles. The molecule has 0 amide bonds. The Morgan fingerprint density at radius 1 is 1.42 bits per heavy atom. The van der Waals surface area contributed by atoms with Crippen LogP contribution in [0.4, 0.5) is 0 Å². The number of alkyl halides is 1. The molecule has 0 fully saturated rings.